The third-order valence-corrected chi connectivity index (χ3v) is 9.70. The SMILES string of the molecule is CC1(C)c2ccccc2-c2ccc(N3c4ccccc4-n4c5c3cccc5c3ccc5oc6ccccc6c5c34)cc21. The molecule has 0 unspecified atom stereocenters. The summed E-state index contributed by atoms with van der Waals surface area (Å²) in [6.07, 6.45) is 0. The van der Waals surface area contributed by atoms with Crippen LogP contribution in [0, 0.1) is 0 Å². The van der Waals surface area contributed by atoms with E-state index in [9.17, 15) is 0 Å². The van der Waals surface area contributed by atoms with Crippen molar-refractivity contribution in [3.63, 3.8) is 0 Å². The standard InChI is InChI=1S/C39H26N2O/c1-39(2)29-13-5-3-10-24(29)25-19-18-23(22-30(25)39)40-31-14-6-7-15-32(31)41-37-26(12-9-16-33(37)40)27-20-21-35-36(38(27)41)28-11-4-8-17-34(28)42-35/h3-22H,1-2H3. The van der Waals surface area contributed by atoms with Crippen molar-refractivity contribution in [2.45, 2.75) is 19.3 Å². The fraction of sp³-hybridized carbons (Fsp3) is 0.0769. The van der Waals surface area contributed by atoms with E-state index in [-0.39, 0.29) is 5.41 Å². The molecule has 1 aliphatic carbocycles. The maximum Gasteiger partial charge on any atom is 0.137 e. The first kappa shape index (κ1) is 22.4. The summed E-state index contributed by atoms with van der Waals surface area (Å²) in [7, 11) is 0. The van der Waals surface area contributed by atoms with Crippen LogP contribution in [0.4, 0.5) is 17.1 Å². The number of hydrogen-bond donors (Lipinski definition) is 0. The zero-order chi connectivity index (χ0) is 27.7. The van der Waals surface area contributed by atoms with Crippen molar-refractivity contribution in [3.05, 3.63) is 132 Å². The smallest absolute Gasteiger partial charge is 0.137 e. The minimum atomic E-state index is -0.0634. The van der Waals surface area contributed by atoms with Gasteiger partial charge in [0.15, 0.2) is 0 Å². The molecule has 2 aromatic heterocycles. The van der Waals surface area contributed by atoms with Crippen molar-refractivity contribution >= 4 is 60.8 Å². The van der Waals surface area contributed by atoms with E-state index in [1.807, 2.05) is 6.07 Å². The molecule has 0 fully saturated rings. The Hall–Kier alpha value is -5.28. The van der Waals surface area contributed by atoms with E-state index in [1.54, 1.807) is 0 Å². The van der Waals surface area contributed by atoms with E-state index in [0.29, 0.717) is 0 Å². The number of furan rings is 1. The second-order valence-electron chi connectivity index (χ2n) is 12.2. The van der Waals surface area contributed by atoms with Crippen molar-refractivity contribution in [3.8, 4) is 16.8 Å². The van der Waals surface area contributed by atoms with Gasteiger partial charge in [-0.25, -0.2) is 0 Å². The Morgan fingerprint density at radius 3 is 2.17 bits per heavy atom. The maximum atomic E-state index is 6.35. The van der Waals surface area contributed by atoms with Gasteiger partial charge in [0.1, 0.15) is 11.2 Å². The van der Waals surface area contributed by atoms with Gasteiger partial charge in [0.05, 0.1) is 33.5 Å². The third kappa shape index (κ3) is 2.58. The summed E-state index contributed by atoms with van der Waals surface area (Å²) in [5, 5.41) is 4.82. The number of hydrogen-bond acceptors (Lipinski definition) is 2. The Bertz CT molecular complexity index is 2460. The minimum absolute atomic E-state index is 0.0634. The Morgan fingerprint density at radius 2 is 1.24 bits per heavy atom. The highest BCUT2D eigenvalue weighted by molar-refractivity contribution is 6.27. The maximum absolute atomic E-state index is 6.35. The second-order valence-corrected chi connectivity index (χ2v) is 12.2. The lowest BCUT2D eigenvalue weighted by molar-refractivity contribution is 0.660. The lowest BCUT2D eigenvalue weighted by Gasteiger charge is -2.34. The van der Waals surface area contributed by atoms with Gasteiger partial charge in [-0.1, -0.05) is 86.6 Å². The summed E-state index contributed by atoms with van der Waals surface area (Å²) in [6, 6.07) is 44.2. The monoisotopic (exact) mass is 538 g/mol. The molecule has 1 aliphatic heterocycles. The van der Waals surface area contributed by atoms with E-state index in [0.717, 1.165) is 16.6 Å². The lowest BCUT2D eigenvalue weighted by Crippen LogP contribution is -2.19. The van der Waals surface area contributed by atoms with Gasteiger partial charge < -0.3 is 13.9 Å². The van der Waals surface area contributed by atoms with Crippen LogP contribution in [-0.4, -0.2) is 4.57 Å². The summed E-state index contributed by atoms with van der Waals surface area (Å²) < 4.78 is 8.82. The van der Waals surface area contributed by atoms with Crippen molar-refractivity contribution in [1.29, 1.82) is 0 Å². The van der Waals surface area contributed by atoms with Crippen LogP contribution in [0.25, 0.3) is 60.6 Å². The van der Waals surface area contributed by atoms with Gasteiger partial charge in [-0.3, -0.25) is 0 Å². The fourth-order valence-electron chi connectivity index (χ4n) is 7.85. The number of rotatable bonds is 1. The van der Waals surface area contributed by atoms with E-state index in [1.165, 1.54) is 72.2 Å². The lowest BCUT2D eigenvalue weighted by atomic mass is 9.82. The first-order valence-electron chi connectivity index (χ1n) is 14.6. The van der Waals surface area contributed by atoms with Gasteiger partial charge >= 0.3 is 0 Å². The highest BCUT2D eigenvalue weighted by atomic mass is 16.3. The van der Waals surface area contributed by atoms with Gasteiger partial charge in [-0.05, 0) is 70.8 Å². The van der Waals surface area contributed by atoms with Crippen LogP contribution < -0.4 is 4.90 Å². The quantitative estimate of drug-likeness (QED) is 0.207. The molecule has 198 valence electrons. The molecule has 3 heteroatoms. The van der Waals surface area contributed by atoms with Crippen LogP contribution in [0.15, 0.2) is 126 Å². The van der Waals surface area contributed by atoms with E-state index in [2.05, 4.69) is 139 Å². The van der Waals surface area contributed by atoms with Crippen LogP contribution in [0.3, 0.4) is 0 Å². The number of para-hydroxylation sites is 4. The largest absolute Gasteiger partial charge is 0.456 e. The van der Waals surface area contributed by atoms with Gasteiger partial charge in [-0.2, -0.15) is 0 Å². The Morgan fingerprint density at radius 1 is 0.524 bits per heavy atom. The van der Waals surface area contributed by atoms with Crippen LogP contribution >= 0.6 is 0 Å². The first-order valence-corrected chi connectivity index (χ1v) is 14.6. The predicted molar refractivity (Wildman–Crippen MR) is 174 cm³/mol. The molecular weight excluding hydrogens is 512 g/mol. The number of anilines is 3. The average Bonchev–Trinajstić information content (AvgIpc) is 3.64. The summed E-state index contributed by atoms with van der Waals surface area (Å²) in [5.74, 6) is 0. The van der Waals surface area contributed by atoms with Gasteiger partial charge in [-0.15, -0.1) is 0 Å². The molecule has 42 heavy (non-hydrogen) atoms. The topological polar surface area (TPSA) is 21.3 Å². The van der Waals surface area contributed by atoms with E-state index >= 15 is 0 Å². The summed E-state index contributed by atoms with van der Waals surface area (Å²) >= 11 is 0. The normalized spacial score (nSPS) is 14.6. The van der Waals surface area contributed by atoms with E-state index in [4.69, 9.17) is 4.42 Å². The van der Waals surface area contributed by atoms with Crippen LogP contribution in [-0.2, 0) is 5.41 Å². The molecule has 0 radical (unpaired) electrons. The molecule has 0 bridgehead atoms. The zero-order valence-electron chi connectivity index (χ0n) is 23.3. The molecule has 0 spiro atoms. The first-order chi connectivity index (χ1) is 20.6. The van der Waals surface area contributed by atoms with Crippen molar-refractivity contribution in [2.24, 2.45) is 0 Å². The number of nitrogens with zero attached hydrogens (tertiary/aromatic N) is 2. The molecule has 0 saturated carbocycles. The van der Waals surface area contributed by atoms with Crippen molar-refractivity contribution in [1.82, 2.24) is 4.57 Å². The molecule has 0 amide bonds. The number of benzene rings is 6. The second kappa shape index (κ2) is 7.51. The zero-order valence-corrected chi connectivity index (χ0v) is 23.3. The molecule has 2 aliphatic rings. The summed E-state index contributed by atoms with van der Waals surface area (Å²) in [5.41, 5.74) is 14.4. The Kier molecular flexibility index (Phi) is 4.01. The third-order valence-electron chi connectivity index (χ3n) is 9.70. The molecule has 3 nitrogen and oxygen atoms in total. The van der Waals surface area contributed by atoms with E-state index < -0.39 is 0 Å². The number of fused-ring (bicyclic) bond motifs is 12. The minimum Gasteiger partial charge on any atom is -0.456 e. The summed E-state index contributed by atoms with van der Waals surface area (Å²) in [4.78, 5) is 2.46. The highest BCUT2D eigenvalue weighted by Crippen LogP contribution is 2.54. The van der Waals surface area contributed by atoms with Crippen molar-refractivity contribution in [2.75, 3.05) is 4.90 Å². The van der Waals surface area contributed by atoms with Crippen molar-refractivity contribution < 1.29 is 4.42 Å². The molecule has 0 N–H and O–H groups in total. The van der Waals surface area contributed by atoms with Gasteiger partial charge in [0, 0.05) is 27.3 Å². The van der Waals surface area contributed by atoms with Crippen LogP contribution in [0.2, 0.25) is 0 Å². The van der Waals surface area contributed by atoms with Crippen LogP contribution in [0.5, 0.6) is 0 Å². The number of aromatic nitrogens is 1. The fourth-order valence-corrected chi connectivity index (χ4v) is 7.85. The highest BCUT2D eigenvalue weighted by Gasteiger charge is 2.37. The average molecular weight is 539 g/mol. The molecule has 0 saturated heterocycles. The predicted octanol–water partition coefficient (Wildman–Crippen LogP) is 10.8. The Balaban J connectivity index is 1.32. The molecule has 6 aromatic carbocycles. The molecule has 3 heterocycles. The van der Waals surface area contributed by atoms with Gasteiger partial charge in [0.25, 0.3) is 0 Å². The molecular formula is C39H26N2O. The van der Waals surface area contributed by atoms with Crippen LogP contribution in [0.1, 0.15) is 25.0 Å². The van der Waals surface area contributed by atoms with Gasteiger partial charge in [0.2, 0.25) is 0 Å². The molecule has 8 aromatic rings. The molecule has 0 atom stereocenters. The summed E-state index contributed by atoms with van der Waals surface area (Å²) in [6.45, 7) is 4.70. The Labute approximate surface area is 242 Å². The molecule has 10 rings (SSSR count).